The van der Waals surface area contributed by atoms with Crippen LogP contribution in [-0.4, -0.2) is 36.2 Å². The molecule has 0 aliphatic carbocycles. The first-order chi connectivity index (χ1) is 13.9. The van der Waals surface area contributed by atoms with Gasteiger partial charge in [0.1, 0.15) is 0 Å². The molecule has 29 heavy (non-hydrogen) atoms. The van der Waals surface area contributed by atoms with Crippen LogP contribution in [-0.2, 0) is 15.7 Å². The normalized spacial score (nSPS) is 17.5. The SMILES string of the molecule is COCCCN1C(=O)/C(=C/c2cccc(C(F)(F)F)c2)SC1=Nc1ccccc1. The number of alkyl halides is 3. The Morgan fingerprint density at radius 1 is 1.14 bits per heavy atom. The first-order valence-electron chi connectivity index (χ1n) is 8.90. The fourth-order valence-corrected chi connectivity index (χ4v) is 3.75. The Hall–Kier alpha value is -2.58. The van der Waals surface area contributed by atoms with Crippen molar-refractivity contribution in [1.29, 1.82) is 0 Å². The van der Waals surface area contributed by atoms with E-state index >= 15 is 0 Å². The molecule has 4 nitrogen and oxygen atoms in total. The summed E-state index contributed by atoms with van der Waals surface area (Å²) in [4.78, 5) is 19.3. The lowest BCUT2D eigenvalue weighted by Gasteiger charge is -2.15. The van der Waals surface area contributed by atoms with Crippen LogP contribution in [0.15, 0.2) is 64.5 Å². The molecule has 1 aliphatic heterocycles. The molecule has 1 fully saturated rings. The number of nitrogens with zero attached hydrogens (tertiary/aromatic N) is 2. The van der Waals surface area contributed by atoms with E-state index in [1.54, 1.807) is 7.11 Å². The van der Waals surface area contributed by atoms with Gasteiger partial charge in [0, 0.05) is 20.3 Å². The zero-order valence-electron chi connectivity index (χ0n) is 15.6. The summed E-state index contributed by atoms with van der Waals surface area (Å²) in [6.07, 6.45) is -2.35. The maximum absolute atomic E-state index is 13.0. The monoisotopic (exact) mass is 420 g/mol. The molecule has 0 N–H and O–H groups in total. The number of halogens is 3. The molecule has 152 valence electrons. The highest BCUT2D eigenvalue weighted by molar-refractivity contribution is 8.18. The Labute approximate surface area is 171 Å². The summed E-state index contributed by atoms with van der Waals surface area (Å²) in [6.45, 7) is 0.894. The van der Waals surface area contributed by atoms with Crippen molar-refractivity contribution < 1.29 is 22.7 Å². The van der Waals surface area contributed by atoms with E-state index in [4.69, 9.17) is 4.74 Å². The number of thioether (sulfide) groups is 1. The van der Waals surface area contributed by atoms with E-state index in [0.29, 0.717) is 40.9 Å². The highest BCUT2D eigenvalue weighted by Gasteiger charge is 2.34. The predicted octanol–water partition coefficient (Wildman–Crippen LogP) is 5.35. The van der Waals surface area contributed by atoms with Gasteiger partial charge in [0.25, 0.3) is 5.91 Å². The van der Waals surface area contributed by atoms with Crippen LogP contribution in [0.25, 0.3) is 6.08 Å². The van der Waals surface area contributed by atoms with E-state index in [9.17, 15) is 18.0 Å². The number of amides is 1. The van der Waals surface area contributed by atoms with Gasteiger partial charge in [-0.1, -0.05) is 30.3 Å². The highest BCUT2D eigenvalue weighted by Crippen LogP contribution is 2.35. The molecule has 0 spiro atoms. The number of benzene rings is 2. The van der Waals surface area contributed by atoms with Crippen LogP contribution in [0.3, 0.4) is 0 Å². The van der Waals surface area contributed by atoms with Crippen LogP contribution < -0.4 is 0 Å². The van der Waals surface area contributed by atoms with Crippen molar-refractivity contribution in [2.75, 3.05) is 20.3 Å². The molecule has 0 atom stereocenters. The number of carbonyl (C=O) groups is 1. The number of ether oxygens (including phenoxy) is 1. The smallest absolute Gasteiger partial charge is 0.385 e. The van der Waals surface area contributed by atoms with E-state index in [-0.39, 0.29) is 5.91 Å². The van der Waals surface area contributed by atoms with Crippen molar-refractivity contribution in [1.82, 2.24) is 4.90 Å². The minimum atomic E-state index is -4.44. The van der Waals surface area contributed by atoms with Gasteiger partial charge in [-0.2, -0.15) is 13.2 Å². The van der Waals surface area contributed by atoms with Crippen molar-refractivity contribution >= 4 is 34.6 Å². The largest absolute Gasteiger partial charge is 0.416 e. The molecular formula is C21H19F3N2O2S. The molecular weight excluding hydrogens is 401 g/mol. The average molecular weight is 420 g/mol. The Morgan fingerprint density at radius 2 is 1.90 bits per heavy atom. The van der Waals surface area contributed by atoms with Gasteiger partial charge in [-0.25, -0.2) is 4.99 Å². The van der Waals surface area contributed by atoms with Gasteiger partial charge in [0.15, 0.2) is 5.17 Å². The number of methoxy groups -OCH3 is 1. The topological polar surface area (TPSA) is 41.9 Å². The van der Waals surface area contributed by atoms with Crippen LogP contribution in [0.1, 0.15) is 17.5 Å². The molecule has 2 aromatic rings. The summed E-state index contributed by atoms with van der Waals surface area (Å²) in [7, 11) is 1.58. The molecule has 0 radical (unpaired) electrons. The highest BCUT2D eigenvalue weighted by atomic mass is 32.2. The maximum Gasteiger partial charge on any atom is 0.416 e. The Morgan fingerprint density at radius 3 is 2.59 bits per heavy atom. The van der Waals surface area contributed by atoms with Crippen molar-refractivity contribution in [3.05, 3.63) is 70.6 Å². The molecule has 0 aromatic heterocycles. The maximum atomic E-state index is 13.0. The second-order valence-electron chi connectivity index (χ2n) is 6.27. The third kappa shape index (κ3) is 5.48. The molecule has 8 heteroatoms. The van der Waals surface area contributed by atoms with E-state index < -0.39 is 11.7 Å². The van der Waals surface area contributed by atoms with Crippen molar-refractivity contribution in [2.24, 2.45) is 4.99 Å². The van der Waals surface area contributed by atoms with E-state index in [2.05, 4.69) is 4.99 Å². The van der Waals surface area contributed by atoms with Crippen LogP contribution in [0.2, 0.25) is 0 Å². The number of para-hydroxylation sites is 1. The first-order valence-corrected chi connectivity index (χ1v) is 9.71. The second kappa shape index (κ2) is 9.28. The molecule has 0 unspecified atom stereocenters. The lowest BCUT2D eigenvalue weighted by atomic mass is 10.1. The summed E-state index contributed by atoms with van der Waals surface area (Å²) in [5, 5.41) is 0.496. The summed E-state index contributed by atoms with van der Waals surface area (Å²) >= 11 is 1.15. The molecule has 0 bridgehead atoms. The molecule has 1 aliphatic rings. The molecule has 1 heterocycles. The van der Waals surface area contributed by atoms with Crippen molar-refractivity contribution in [3.8, 4) is 0 Å². The summed E-state index contributed by atoms with van der Waals surface area (Å²) in [5.74, 6) is -0.279. The van der Waals surface area contributed by atoms with Gasteiger partial charge in [0.2, 0.25) is 0 Å². The molecule has 0 saturated carbocycles. The first kappa shape index (κ1) is 21.1. The zero-order valence-corrected chi connectivity index (χ0v) is 16.5. The third-order valence-electron chi connectivity index (χ3n) is 4.11. The average Bonchev–Trinajstić information content (AvgIpc) is 2.97. The summed E-state index contributed by atoms with van der Waals surface area (Å²) in [5.41, 5.74) is 0.255. The number of hydrogen-bond acceptors (Lipinski definition) is 4. The zero-order chi connectivity index (χ0) is 20.9. The lowest BCUT2D eigenvalue weighted by Crippen LogP contribution is -2.30. The molecule has 2 aromatic carbocycles. The van der Waals surface area contributed by atoms with Crippen molar-refractivity contribution in [3.63, 3.8) is 0 Å². The number of aliphatic imine (C=N–C) groups is 1. The van der Waals surface area contributed by atoms with E-state index in [1.165, 1.54) is 23.1 Å². The standard InChI is InChI=1S/C21H19F3N2O2S/c1-28-12-6-11-26-19(27)18(29-20(26)25-17-9-3-2-4-10-17)14-15-7-5-8-16(13-15)21(22,23)24/h2-5,7-10,13-14H,6,11-12H2,1H3/b18-14-,25-20?. The second-order valence-corrected chi connectivity index (χ2v) is 7.28. The van der Waals surface area contributed by atoms with E-state index in [0.717, 1.165) is 23.9 Å². The van der Waals surface area contributed by atoms with E-state index in [1.807, 2.05) is 30.3 Å². The lowest BCUT2D eigenvalue weighted by molar-refractivity contribution is -0.137. The van der Waals surface area contributed by atoms with Gasteiger partial charge in [0.05, 0.1) is 16.2 Å². The Kier molecular flexibility index (Phi) is 6.76. The Balaban J connectivity index is 1.91. The van der Waals surface area contributed by atoms with Crippen LogP contribution in [0.5, 0.6) is 0 Å². The molecule has 3 rings (SSSR count). The molecule has 1 amide bonds. The fourth-order valence-electron chi connectivity index (χ4n) is 2.72. The summed E-state index contributed by atoms with van der Waals surface area (Å²) in [6, 6.07) is 14.1. The van der Waals surface area contributed by atoms with Crippen LogP contribution in [0, 0.1) is 0 Å². The fraction of sp³-hybridized carbons (Fsp3) is 0.238. The molecule has 1 saturated heterocycles. The number of hydrogen-bond donors (Lipinski definition) is 0. The minimum Gasteiger partial charge on any atom is -0.385 e. The third-order valence-corrected chi connectivity index (χ3v) is 5.12. The predicted molar refractivity (Wildman–Crippen MR) is 109 cm³/mol. The number of carbonyl (C=O) groups excluding carboxylic acids is 1. The van der Waals surface area contributed by atoms with Crippen molar-refractivity contribution in [2.45, 2.75) is 12.6 Å². The summed E-state index contributed by atoms with van der Waals surface area (Å²) < 4.78 is 43.9. The Bertz CT molecular complexity index is 927. The number of rotatable bonds is 6. The van der Waals surface area contributed by atoms with Gasteiger partial charge in [-0.05, 0) is 54.1 Å². The van der Waals surface area contributed by atoms with Gasteiger partial charge in [-0.15, -0.1) is 0 Å². The van der Waals surface area contributed by atoms with Gasteiger partial charge in [-0.3, -0.25) is 9.69 Å². The minimum absolute atomic E-state index is 0.279. The quantitative estimate of drug-likeness (QED) is 0.468. The van der Waals surface area contributed by atoms with Crippen LogP contribution in [0.4, 0.5) is 18.9 Å². The van der Waals surface area contributed by atoms with Gasteiger partial charge < -0.3 is 4.74 Å². The van der Waals surface area contributed by atoms with Gasteiger partial charge >= 0.3 is 6.18 Å². The number of amidine groups is 1. The van der Waals surface area contributed by atoms with Crippen LogP contribution >= 0.6 is 11.8 Å².